The standard InChI is InChI=1S/C22H30O6S/c1-15-10-17(12-16(2)23)22(20(24)11-15,13-18-14-27-21(3,4)28-18)29(25,26)19-8-6-5-7-9-19/h5-9,15,17-18H,10-14H2,1-4H3/t15-,17+,18-,22+/m1/s1. The van der Waals surface area contributed by atoms with Gasteiger partial charge in [-0.2, -0.15) is 0 Å². The van der Waals surface area contributed by atoms with E-state index in [4.69, 9.17) is 9.47 Å². The van der Waals surface area contributed by atoms with Crippen molar-refractivity contribution in [2.24, 2.45) is 11.8 Å². The molecule has 0 aromatic heterocycles. The molecule has 1 saturated heterocycles. The summed E-state index contributed by atoms with van der Waals surface area (Å²) in [6.45, 7) is 7.13. The van der Waals surface area contributed by atoms with E-state index in [2.05, 4.69) is 0 Å². The summed E-state index contributed by atoms with van der Waals surface area (Å²) in [6.07, 6.45) is 0.206. The van der Waals surface area contributed by atoms with Crippen LogP contribution < -0.4 is 0 Å². The van der Waals surface area contributed by atoms with E-state index in [1.165, 1.54) is 19.1 Å². The van der Waals surface area contributed by atoms with Crippen LogP contribution in [0.3, 0.4) is 0 Å². The van der Waals surface area contributed by atoms with Crippen molar-refractivity contribution in [1.29, 1.82) is 0 Å². The summed E-state index contributed by atoms with van der Waals surface area (Å²) in [7, 11) is -4.05. The second-order valence-electron chi connectivity index (χ2n) is 8.93. The van der Waals surface area contributed by atoms with Crippen LogP contribution >= 0.6 is 0 Å². The lowest BCUT2D eigenvalue weighted by atomic mass is 9.69. The molecule has 0 N–H and O–H groups in total. The Bertz CT molecular complexity index is 876. The fourth-order valence-electron chi connectivity index (χ4n) is 4.84. The Morgan fingerprint density at radius 2 is 1.86 bits per heavy atom. The summed E-state index contributed by atoms with van der Waals surface area (Å²) in [6, 6.07) is 8.07. The molecule has 1 aliphatic carbocycles. The van der Waals surface area contributed by atoms with Gasteiger partial charge in [-0.15, -0.1) is 0 Å². The fourth-order valence-corrected chi connectivity index (χ4v) is 7.19. The first-order chi connectivity index (χ1) is 13.5. The van der Waals surface area contributed by atoms with Gasteiger partial charge in [-0.3, -0.25) is 4.79 Å². The molecule has 160 valence electrons. The van der Waals surface area contributed by atoms with Crippen LogP contribution in [0.1, 0.15) is 53.4 Å². The van der Waals surface area contributed by atoms with Gasteiger partial charge in [-0.05, 0) is 51.2 Å². The van der Waals surface area contributed by atoms with Gasteiger partial charge in [-0.25, -0.2) is 8.42 Å². The van der Waals surface area contributed by atoms with Gasteiger partial charge in [0, 0.05) is 19.3 Å². The van der Waals surface area contributed by atoms with Gasteiger partial charge < -0.3 is 14.3 Å². The van der Waals surface area contributed by atoms with E-state index in [0.29, 0.717) is 6.42 Å². The van der Waals surface area contributed by atoms with Gasteiger partial charge in [0.1, 0.15) is 10.5 Å². The molecule has 0 radical (unpaired) electrons. The molecule has 0 spiro atoms. The third kappa shape index (κ3) is 4.18. The molecular formula is C22H30O6S. The molecule has 6 nitrogen and oxygen atoms in total. The summed E-state index contributed by atoms with van der Waals surface area (Å²) in [5, 5.41) is 0. The Morgan fingerprint density at radius 1 is 1.21 bits per heavy atom. The molecule has 1 heterocycles. The Hall–Kier alpha value is -1.57. The van der Waals surface area contributed by atoms with Gasteiger partial charge in [0.15, 0.2) is 21.4 Å². The molecule has 1 saturated carbocycles. The predicted molar refractivity (Wildman–Crippen MR) is 108 cm³/mol. The lowest BCUT2D eigenvalue weighted by Gasteiger charge is -2.44. The first kappa shape index (κ1) is 22.1. The van der Waals surface area contributed by atoms with E-state index in [-0.39, 0.29) is 48.2 Å². The van der Waals surface area contributed by atoms with Crippen molar-refractivity contribution >= 4 is 21.4 Å². The fraction of sp³-hybridized carbons (Fsp3) is 0.636. The zero-order valence-electron chi connectivity index (χ0n) is 17.5. The van der Waals surface area contributed by atoms with Crippen LogP contribution in [-0.2, 0) is 28.9 Å². The second-order valence-corrected chi connectivity index (χ2v) is 11.1. The maximum atomic E-state index is 13.9. The Labute approximate surface area is 172 Å². The molecule has 2 aliphatic rings. The largest absolute Gasteiger partial charge is 0.348 e. The molecule has 7 heteroatoms. The minimum absolute atomic E-state index is 0.00282. The van der Waals surface area contributed by atoms with Crippen LogP contribution in [0, 0.1) is 11.8 Å². The van der Waals surface area contributed by atoms with Gasteiger partial charge >= 0.3 is 0 Å². The van der Waals surface area contributed by atoms with Crippen molar-refractivity contribution in [2.45, 2.75) is 74.9 Å². The van der Waals surface area contributed by atoms with E-state index < -0.39 is 32.4 Å². The zero-order chi connectivity index (χ0) is 21.4. The topological polar surface area (TPSA) is 86.7 Å². The van der Waals surface area contributed by atoms with Crippen LogP contribution in [0.15, 0.2) is 35.2 Å². The molecule has 1 aromatic rings. The molecule has 1 aromatic carbocycles. The number of rotatable bonds is 6. The minimum atomic E-state index is -4.05. The number of ketones is 2. The van der Waals surface area contributed by atoms with Crippen molar-refractivity contribution < 1.29 is 27.5 Å². The molecule has 0 bridgehead atoms. The van der Waals surface area contributed by atoms with E-state index in [9.17, 15) is 18.0 Å². The molecule has 2 fully saturated rings. The minimum Gasteiger partial charge on any atom is -0.348 e. The maximum Gasteiger partial charge on any atom is 0.191 e. The lowest BCUT2D eigenvalue weighted by molar-refractivity contribution is -0.144. The highest BCUT2D eigenvalue weighted by atomic mass is 32.2. The van der Waals surface area contributed by atoms with Gasteiger partial charge in [-0.1, -0.05) is 25.1 Å². The number of sulfone groups is 1. The number of hydrogen-bond acceptors (Lipinski definition) is 6. The third-order valence-corrected chi connectivity index (χ3v) is 8.60. The van der Waals surface area contributed by atoms with Crippen molar-refractivity contribution in [3.8, 4) is 0 Å². The van der Waals surface area contributed by atoms with Crippen LogP contribution in [0.25, 0.3) is 0 Å². The molecular weight excluding hydrogens is 392 g/mol. The number of carbonyl (C=O) groups excluding carboxylic acids is 2. The normalized spacial score (nSPS) is 32.3. The molecule has 1 aliphatic heterocycles. The van der Waals surface area contributed by atoms with Gasteiger partial charge in [0.2, 0.25) is 0 Å². The second kappa shape index (κ2) is 7.93. The summed E-state index contributed by atoms with van der Waals surface area (Å²) in [4.78, 5) is 25.7. The first-order valence-electron chi connectivity index (χ1n) is 10.1. The van der Waals surface area contributed by atoms with Crippen LogP contribution in [0.4, 0.5) is 0 Å². The number of ether oxygens (including phenoxy) is 2. The summed E-state index contributed by atoms with van der Waals surface area (Å²) >= 11 is 0. The number of Topliss-reactive ketones (excluding diaryl/α,β-unsaturated/α-hetero) is 2. The lowest BCUT2D eigenvalue weighted by Crippen LogP contribution is -2.58. The van der Waals surface area contributed by atoms with Crippen molar-refractivity contribution in [1.82, 2.24) is 0 Å². The van der Waals surface area contributed by atoms with Crippen LogP contribution in [-0.4, -0.2) is 43.2 Å². The summed E-state index contributed by atoms with van der Waals surface area (Å²) < 4.78 is 37.7. The third-order valence-electron chi connectivity index (χ3n) is 6.02. The zero-order valence-corrected chi connectivity index (χ0v) is 18.3. The molecule has 3 rings (SSSR count). The highest BCUT2D eigenvalue weighted by Gasteiger charge is 2.60. The Morgan fingerprint density at radius 3 is 2.41 bits per heavy atom. The highest BCUT2D eigenvalue weighted by molar-refractivity contribution is 7.93. The van der Waals surface area contributed by atoms with Gasteiger partial charge in [0.05, 0.1) is 17.6 Å². The van der Waals surface area contributed by atoms with Crippen molar-refractivity contribution in [3.63, 3.8) is 0 Å². The smallest absolute Gasteiger partial charge is 0.191 e. The average molecular weight is 423 g/mol. The monoisotopic (exact) mass is 422 g/mol. The highest BCUT2D eigenvalue weighted by Crippen LogP contribution is 2.48. The van der Waals surface area contributed by atoms with Crippen molar-refractivity contribution in [2.75, 3.05) is 6.61 Å². The Balaban J connectivity index is 2.14. The summed E-state index contributed by atoms with van der Waals surface area (Å²) in [5.41, 5.74) is 0. The Kier molecular flexibility index (Phi) is 6.05. The predicted octanol–water partition coefficient (Wildman–Crippen LogP) is 3.34. The first-order valence-corrected chi connectivity index (χ1v) is 11.6. The van der Waals surface area contributed by atoms with Gasteiger partial charge in [0.25, 0.3) is 0 Å². The van der Waals surface area contributed by atoms with E-state index >= 15 is 0 Å². The van der Waals surface area contributed by atoms with Crippen LogP contribution in [0.2, 0.25) is 0 Å². The maximum absolute atomic E-state index is 13.9. The number of benzene rings is 1. The molecule has 4 atom stereocenters. The van der Waals surface area contributed by atoms with E-state index in [1.807, 2.05) is 6.92 Å². The molecule has 29 heavy (non-hydrogen) atoms. The van der Waals surface area contributed by atoms with Crippen LogP contribution in [0.5, 0.6) is 0 Å². The molecule has 0 unspecified atom stereocenters. The van der Waals surface area contributed by atoms with E-state index in [1.54, 1.807) is 32.0 Å². The van der Waals surface area contributed by atoms with Crippen molar-refractivity contribution in [3.05, 3.63) is 30.3 Å². The number of carbonyl (C=O) groups is 2. The summed E-state index contributed by atoms with van der Waals surface area (Å²) in [5.74, 6) is -1.83. The number of hydrogen-bond donors (Lipinski definition) is 0. The average Bonchev–Trinajstić information content (AvgIpc) is 2.96. The SMILES string of the molecule is CC(=O)C[C@@H]1C[C@@H](C)CC(=O)[C@@]1(C[C@@H]1COC(C)(C)O1)S(=O)(=O)c1ccccc1. The molecule has 0 amide bonds. The quantitative estimate of drug-likeness (QED) is 0.699. The van der Waals surface area contributed by atoms with E-state index in [0.717, 1.165) is 0 Å².